The van der Waals surface area contributed by atoms with E-state index in [1.807, 2.05) is 6.92 Å². The summed E-state index contributed by atoms with van der Waals surface area (Å²) in [6, 6.07) is 0. The highest BCUT2D eigenvalue weighted by molar-refractivity contribution is 5.16. The molecule has 0 unspecified atom stereocenters. The van der Waals surface area contributed by atoms with Crippen molar-refractivity contribution < 1.29 is 9.22 Å². The molecule has 3 atom stereocenters. The topological polar surface area (TPSA) is 20.2 Å². The van der Waals surface area contributed by atoms with Gasteiger partial charge in [0.25, 0.3) is 0 Å². The van der Waals surface area contributed by atoms with E-state index >= 15 is 0 Å². The fraction of sp³-hybridized carbons (Fsp3) is 1.00. The van der Waals surface area contributed by atoms with Gasteiger partial charge in [-0.05, 0) is 37.4 Å². The van der Waals surface area contributed by atoms with Gasteiger partial charge in [-0.3, -0.25) is 0 Å². The standard InChI is InChI=1S/C11H20O/c1-9(2)8-5-6-10(9,3)11(4,12)7-8/h8,12H,5-7H2,1-4H3/t8-,10-,11-/m1/s1/i4D3. The van der Waals surface area contributed by atoms with Crippen molar-refractivity contribution in [1.82, 2.24) is 0 Å². The molecule has 1 heteroatoms. The van der Waals surface area contributed by atoms with Gasteiger partial charge in [0, 0.05) is 9.53 Å². The third kappa shape index (κ3) is 0.654. The summed E-state index contributed by atoms with van der Waals surface area (Å²) in [5, 5.41) is 10.6. The Morgan fingerprint density at radius 2 is 2.08 bits per heavy atom. The molecule has 0 spiro atoms. The molecule has 0 aromatic rings. The summed E-state index contributed by atoms with van der Waals surface area (Å²) in [7, 11) is 0. The maximum Gasteiger partial charge on any atom is 0.0681 e. The van der Waals surface area contributed by atoms with Crippen LogP contribution in [0, 0.1) is 16.7 Å². The zero-order valence-electron chi connectivity index (χ0n) is 11.1. The molecule has 2 saturated carbocycles. The largest absolute Gasteiger partial charge is 0.390 e. The van der Waals surface area contributed by atoms with Crippen molar-refractivity contribution in [2.75, 3.05) is 0 Å². The molecule has 1 nitrogen and oxygen atoms in total. The lowest BCUT2D eigenvalue weighted by Gasteiger charge is -2.43. The van der Waals surface area contributed by atoms with Crippen LogP contribution in [0.2, 0.25) is 0 Å². The molecule has 0 radical (unpaired) electrons. The highest BCUT2D eigenvalue weighted by Gasteiger charge is 2.66. The molecule has 0 saturated heterocycles. The van der Waals surface area contributed by atoms with Crippen LogP contribution in [-0.4, -0.2) is 10.7 Å². The summed E-state index contributed by atoms with van der Waals surface area (Å²) in [6.45, 7) is 3.91. The van der Waals surface area contributed by atoms with Gasteiger partial charge in [-0.1, -0.05) is 20.8 Å². The van der Waals surface area contributed by atoms with E-state index in [2.05, 4.69) is 13.8 Å². The molecule has 2 rings (SSSR count). The molecule has 0 heterocycles. The van der Waals surface area contributed by atoms with Gasteiger partial charge in [0.1, 0.15) is 0 Å². The first kappa shape index (κ1) is 5.64. The number of hydrogen-bond donors (Lipinski definition) is 1. The van der Waals surface area contributed by atoms with E-state index in [9.17, 15) is 5.11 Å². The lowest BCUT2D eigenvalue weighted by Crippen LogP contribution is -2.44. The summed E-state index contributed by atoms with van der Waals surface area (Å²) in [4.78, 5) is 0. The van der Waals surface area contributed by atoms with Crippen LogP contribution in [0.5, 0.6) is 0 Å². The molecule has 0 aromatic heterocycles. The Hall–Kier alpha value is -0.0400. The molecule has 2 aliphatic rings. The van der Waals surface area contributed by atoms with Gasteiger partial charge in [-0.25, -0.2) is 0 Å². The third-order valence-electron chi connectivity index (χ3n) is 4.89. The third-order valence-corrected chi connectivity index (χ3v) is 4.89. The predicted molar refractivity (Wildman–Crippen MR) is 49.9 cm³/mol. The van der Waals surface area contributed by atoms with Crippen molar-refractivity contribution in [1.29, 1.82) is 0 Å². The molecular formula is C11H20O. The maximum absolute atomic E-state index is 10.6. The Morgan fingerprint density at radius 3 is 2.33 bits per heavy atom. The molecule has 0 aliphatic heterocycles. The Balaban J connectivity index is 2.50. The SMILES string of the molecule is [2H]C([2H])([2H])[C@@]1(O)C[C@H]2CC[C@]1(C)C2(C)C. The molecular weight excluding hydrogens is 148 g/mol. The summed E-state index contributed by atoms with van der Waals surface area (Å²) < 4.78 is 22.7. The quantitative estimate of drug-likeness (QED) is 0.594. The molecule has 1 N–H and O–H groups in total. The van der Waals surface area contributed by atoms with Crippen molar-refractivity contribution in [3.05, 3.63) is 0 Å². The second-order valence-corrected chi connectivity index (χ2v) is 5.35. The van der Waals surface area contributed by atoms with Gasteiger partial charge >= 0.3 is 0 Å². The van der Waals surface area contributed by atoms with E-state index in [1.165, 1.54) is 0 Å². The second-order valence-electron chi connectivity index (χ2n) is 5.35. The van der Waals surface area contributed by atoms with Crippen molar-refractivity contribution in [2.45, 2.75) is 52.5 Å². The normalized spacial score (nSPS) is 61.0. The highest BCUT2D eigenvalue weighted by Crippen LogP contribution is 2.69. The molecule has 12 heavy (non-hydrogen) atoms. The van der Waals surface area contributed by atoms with Crippen LogP contribution in [0.4, 0.5) is 0 Å². The van der Waals surface area contributed by atoms with Crippen molar-refractivity contribution >= 4 is 0 Å². The van der Waals surface area contributed by atoms with Crippen LogP contribution in [-0.2, 0) is 0 Å². The Labute approximate surface area is 79.4 Å². The average Bonchev–Trinajstić information content (AvgIpc) is 2.34. The van der Waals surface area contributed by atoms with E-state index < -0.39 is 17.9 Å². The van der Waals surface area contributed by atoms with Gasteiger partial charge in [0.2, 0.25) is 0 Å². The van der Waals surface area contributed by atoms with Crippen molar-refractivity contribution in [2.24, 2.45) is 16.7 Å². The Kier molecular flexibility index (Phi) is 0.890. The van der Waals surface area contributed by atoms with Crippen molar-refractivity contribution in [3.8, 4) is 0 Å². The van der Waals surface area contributed by atoms with Crippen LogP contribution in [0.25, 0.3) is 0 Å². The van der Waals surface area contributed by atoms with Gasteiger partial charge in [0.05, 0.1) is 5.60 Å². The molecule has 70 valence electrons. The van der Waals surface area contributed by atoms with E-state index in [4.69, 9.17) is 4.11 Å². The highest BCUT2D eigenvalue weighted by atomic mass is 16.3. The van der Waals surface area contributed by atoms with Crippen molar-refractivity contribution in [3.63, 3.8) is 0 Å². The zero-order chi connectivity index (χ0) is 11.7. The van der Waals surface area contributed by atoms with Crippen LogP contribution in [0.1, 0.15) is 51.0 Å². The Morgan fingerprint density at radius 1 is 1.42 bits per heavy atom. The first-order chi connectivity index (χ1) is 6.56. The summed E-state index contributed by atoms with van der Waals surface area (Å²) >= 11 is 0. The zero-order valence-corrected chi connectivity index (χ0v) is 8.15. The lowest BCUT2D eigenvalue weighted by molar-refractivity contribution is -0.0745. The first-order valence-corrected chi connectivity index (χ1v) is 4.79. The second kappa shape index (κ2) is 1.89. The van der Waals surface area contributed by atoms with E-state index in [-0.39, 0.29) is 5.41 Å². The number of hydrogen-bond acceptors (Lipinski definition) is 1. The molecule has 2 fully saturated rings. The lowest BCUT2D eigenvalue weighted by atomic mass is 9.65. The van der Waals surface area contributed by atoms with E-state index in [0.29, 0.717) is 12.3 Å². The van der Waals surface area contributed by atoms with Gasteiger partial charge in [-0.2, -0.15) is 0 Å². The van der Waals surface area contributed by atoms with Gasteiger partial charge < -0.3 is 5.11 Å². The smallest absolute Gasteiger partial charge is 0.0681 e. The molecule has 2 bridgehead atoms. The van der Waals surface area contributed by atoms with Gasteiger partial charge in [-0.15, -0.1) is 0 Å². The summed E-state index contributed by atoms with van der Waals surface area (Å²) in [5.41, 5.74) is -2.00. The molecule has 0 amide bonds. The number of aliphatic hydroxyl groups is 1. The maximum atomic E-state index is 10.6. The minimum Gasteiger partial charge on any atom is -0.390 e. The van der Waals surface area contributed by atoms with Crippen LogP contribution in [0.15, 0.2) is 0 Å². The molecule has 2 aliphatic carbocycles. The minimum atomic E-state index is -2.26. The average molecular weight is 171 g/mol. The Bertz CT molecular complexity index is 295. The monoisotopic (exact) mass is 171 g/mol. The number of rotatable bonds is 0. The van der Waals surface area contributed by atoms with E-state index in [1.54, 1.807) is 0 Å². The fourth-order valence-corrected chi connectivity index (χ4v) is 3.28. The predicted octanol–water partition coefficient (Wildman–Crippen LogP) is 2.58. The fourth-order valence-electron chi connectivity index (χ4n) is 3.28. The van der Waals surface area contributed by atoms with Gasteiger partial charge in [0.15, 0.2) is 0 Å². The number of fused-ring (bicyclic) bond motifs is 2. The van der Waals surface area contributed by atoms with E-state index in [0.717, 1.165) is 12.8 Å². The van der Waals surface area contributed by atoms with Crippen LogP contribution in [0.3, 0.4) is 0 Å². The first-order valence-electron chi connectivity index (χ1n) is 6.29. The minimum absolute atomic E-state index is 0.0594. The summed E-state index contributed by atoms with van der Waals surface area (Å²) in [6.07, 6.45) is 2.33. The summed E-state index contributed by atoms with van der Waals surface area (Å²) in [5.74, 6) is 0.355. The molecule has 0 aromatic carbocycles. The van der Waals surface area contributed by atoms with Crippen LogP contribution < -0.4 is 0 Å². The van der Waals surface area contributed by atoms with Crippen LogP contribution >= 0.6 is 0 Å².